The molecule has 1 aromatic heterocycles. The van der Waals surface area contributed by atoms with E-state index in [4.69, 9.17) is 25.8 Å². The van der Waals surface area contributed by atoms with Crippen molar-refractivity contribution >= 4 is 17.3 Å². The largest absolute Gasteiger partial charge is 0.493 e. The van der Waals surface area contributed by atoms with Crippen LogP contribution in [0.3, 0.4) is 0 Å². The normalized spacial score (nSPS) is 11.0. The monoisotopic (exact) mass is 409 g/mol. The third-order valence-corrected chi connectivity index (χ3v) is 4.25. The summed E-state index contributed by atoms with van der Waals surface area (Å²) < 4.78 is 16.9. The Labute approximate surface area is 170 Å². The number of hydrogen-bond donors (Lipinski definition) is 2. The number of benzene rings is 1. The van der Waals surface area contributed by atoms with E-state index in [0.717, 1.165) is 12.0 Å². The highest BCUT2D eigenvalue weighted by Crippen LogP contribution is 2.31. The van der Waals surface area contributed by atoms with Gasteiger partial charge in [-0.25, -0.2) is 5.10 Å². The highest BCUT2D eigenvalue weighted by atomic mass is 35.5. The summed E-state index contributed by atoms with van der Waals surface area (Å²) in [6.45, 7) is 9.06. The molecule has 0 saturated heterocycles. The van der Waals surface area contributed by atoms with Crippen molar-refractivity contribution in [2.75, 3.05) is 19.0 Å². The third-order valence-electron chi connectivity index (χ3n) is 3.89. The van der Waals surface area contributed by atoms with Crippen molar-refractivity contribution in [2.45, 2.75) is 46.8 Å². The molecule has 2 rings (SSSR count). The first-order valence-electron chi connectivity index (χ1n) is 9.30. The lowest BCUT2D eigenvalue weighted by atomic mass is 10.1. The predicted molar refractivity (Wildman–Crippen MR) is 111 cm³/mol. The molecule has 2 N–H and O–H groups in total. The van der Waals surface area contributed by atoms with Gasteiger partial charge in [-0.3, -0.25) is 4.79 Å². The summed E-state index contributed by atoms with van der Waals surface area (Å²) in [4.78, 5) is 11.8. The summed E-state index contributed by atoms with van der Waals surface area (Å²) in [5.41, 5.74) is 0.817. The van der Waals surface area contributed by atoms with Crippen LogP contribution in [0.4, 0.5) is 5.69 Å². The van der Waals surface area contributed by atoms with Crippen LogP contribution in [0.1, 0.15) is 39.7 Å². The van der Waals surface area contributed by atoms with Gasteiger partial charge in [-0.2, -0.15) is 0 Å². The van der Waals surface area contributed by atoms with Gasteiger partial charge in [0.15, 0.2) is 11.5 Å². The van der Waals surface area contributed by atoms with Crippen molar-refractivity contribution in [1.82, 2.24) is 10.2 Å². The van der Waals surface area contributed by atoms with Crippen LogP contribution in [0.2, 0.25) is 5.02 Å². The number of rotatable bonds is 10. The summed E-state index contributed by atoms with van der Waals surface area (Å²) in [5, 5.41) is 9.43. The van der Waals surface area contributed by atoms with E-state index >= 15 is 0 Å². The van der Waals surface area contributed by atoms with Crippen LogP contribution in [0.25, 0.3) is 0 Å². The molecule has 1 heterocycles. The second-order valence-electron chi connectivity index (χ2n) is 7.08. The zero-order chi connectivity index (χ0) is 20.7. The molecule has 0 spiro atoms. The van der Waals surface area contributed by atoms with Gasteiger partial charge in [0.2, 0.25) is 0 Å². The van der Waals surface area contributed by atoms with Crippen LogP contribution in [-0.2, 0) is 6.54 Å². The standard InChI is InChI=1S/C20H28ClN3O4/c1-12(2)8-9-27-16-10-14(6-7-15(16)26-5)11-22-18-17(21)19(25)23-24-20(18)28-13(3)4/h6-7,10,12-13H,8-9,11H2,1-5H3,(H2,22,23,25). The highest BCUT2D eigenvalue weighted by molar-refractivity contribution is 6.33. The molecule has 0 aliphatic rings. The molecule has 0 amide bonds. The Bertz CT molecular complexity index is 837. The Morgan fingerprint density at radius 3 is 2.61 bits per heavy atom. The second-order valence-corrected chi connectivity index (χ2v) is 7.46. The van der Waals surface area contributed by atoms with Gasteiger partial charge in [-0.15, -0.1) is 5.10 Å². The fourth-order valence-corrected chi connectivity index (χ4v) is 2.60. The number of aromatic nitrogens is 2. The van der Waals surface area contributed by atoms with Gasteiger partial charge >= 0.3 is 0 Å². The molecule has 0 bridgehead atoms. The molecule has 8 heteroatoms. The summed E-state index contributed by atoms with van der Waals surface area (Å²) >= 11 is 6.15. The van der Waals surface area contributed by atoms with Gasteiger partial charge in [0.25, 0.3) is 11.4 Å². The molecule has 2 aromatic rings. The summed E-state index contributed by atoms with van der Waals surface area (Å²) in [6, 6.07) is 5.67. The molecule has 0 fully saturated rings. The van der Waals surface area contributed by atoms with Crippen molar-refractivity contribution in [3.8, 4) is 17.4 Å². The maximum Gasteiger partial charge on any atom is 0.285 e. The molecule has 7 nitrogen and oxygen atoms in total. The smallest absolute Gasteiger partial charge is 0.285 e. The molecule has 0 saturated carbocycles. The van der Waals surface area contributed by atoms with Crippen LogP contribution in [-0.4, -0.2) is 30.0 Å². The molecule has 0 aliphatic heterocycles. The molecular formula is C20H28ClN3O4. The summed E-state index contributed by atoms with van der Waals surface area (Å²) in [6.07, 6.45) is 0.840. The van der Waals surface area contributed by atoms with Crippen molar-refractivity contribution < 1.29 is 14.2 Å². The van der Waals surface area contributed by atoms with Crippen LogP contribution in [0.15, 0.2) is 23.0 Å². The van der Waals surface area contributed by atoms with E-state index < -0.39 is 5.56 Å². The maximum absolute atomic E-state index is 11.8. The average molecular weight is 410 g/mol. The minimum Gasteiger partial charge on any atom is -0.493 e. The number of ether oxygens (including phenoxy) is 3. The van der Waals surface area contributed by atoms with E-state index in [1.165, 1.54) is 0 Å². The fourth-order valence-electron chi connectivity index (χ4n) is 2.41. The number of nitrogens with zero attached hydrogens (tertiary/aromatic N) is 1. The Kier molecular flexibility index (Phi) is 7.99. The summed E-state index contributed by atoms with van der Waals surface area (Å²) in [5.74, 6) is 2.16. The zero-order valence-electron chi connectivity index (χ0n) is 17.0. The number of halogens is 1. The first-order chi connectivity index (χ1) is 13.3. The first kappa shape index (κ1) is 21.9. The van der Waals surface area contributed by atoms with E-state index in [9.17, 15) is 4.79 Å². The molecule has 0 radical (unpaired) electrons. The third kappa shape index (κ3) is 6.05. The fraction of sp³-hybridized carbons (Fsp3) is 0.500. The van der Waals surface area contributed by atoms with Crippen LogP contribution in [0, 0.1) is 5.92 Å². The van der Waals surface area contributed by atoms with Crippen LogP contribution < -0.4 is 25.1 Å². The van der Waals surface area contributed by atoms with Gasteiger partial charge in [0, 0.05) is 6.54 Å². The summed E-state index contributed by atoms with van der Waals surface area (Å²) in [7, 11) is 1.61. The van der Waals surface area contributed by atoms with E-state index in [0.29, 0.717) is 36.3 Å². The van der Waals surface area contributed by atoms with E-state index in [2.05, 4.69) is 29.4 Å². The van der Waals surface area contributed by atoms with Gasteiger partial charge in [0.1, 0.15) is 10.7 Å². The number of methoxy groups -OCH3 is 1. The molecule has 0 atom stereocenters. The quantitative estimate of drug-likeness (QED) is 0.610. The Balaban J connectivity index is 2.18. The number of nitrogens with one attached hydrogen (secondary N) is 2. The van der Waals surface area contributed by atoms with Crippen molar-refractivity contribution in [3.63, 3.8) is 0 Å². The predicted octanol–water partition coefficient (Wildman–Crippen LogP) is 4.26. The number of H-pyrrole nitrogens is 1. The number of aromatic amines is 1. The lowest BCUT2D eigenvalue weighted by Crippen LogP contribution is -2.17. The van der Waals surface area contributed by atoms with E-state index in [1.54, 1.807) is 7.11 Å². The van der Waals surface area contributed by atoms with Crippen molar-refractivity contribution in [3.05, 3.63) is 39.1 Å². The maximum atomic E-state index is 11.8. The zero-order valence-corrected chi connectivity index (χ0v) is 17.7. The van der Waals surface area contributed by atoms with E-state index in [1.807, 2.05) is 32.0 Å². The Morgan fingerprint density at radius 2 is 1.96 bits per heavy atom. The topological polar surface area (TPSA) is 85.5 Å². The van der Waals surface area contributed by atoms with E-state index in [-0.39, 0.29) is 17.0 Å². The molecule has 1 aromatic carbocycles. The Morgan fingerprint density at radius 1 is 1.21 bits per heavy atom. The minimum absolute atomic E-state index is 0.00701. The molecule has 154 valence electrons. The number of hydrogen-bond acceptors (Lipinski definition) is 6. The van der Waals surface area contributed by atoms with Crippen LogP contribution in [0.5, 0.6) is 17.4 Å². The minimum atomic E-state index is -0.479. The van der Waals surface area contributed by atoms with Crippen molar-refractivity contribution in [1.29, 1.82) is 0 Å². The first-order valence-corrected chi connectivity index (χ1v) is 9.68. The molecule has 0 unspecified atom stereocenters. The lowest BCUT2D eigenvalue weighted by molar-refractivity contribution is 0.231. The van der Waals surface area contributed by atoms with Gasteiger partial charge in [0.05, 0.1) is 19.8 Å². The van der Waals surface area contributed by atoms with Gasteiger partial charge in [-0.1, -0.05) is 31.5 Å². The van der Waals surface area contributed by atoms with Gasteiger partial charge in [-0.05, 0) is 43.9 Å². The second kappa shape index (κ2) is 10.2. The molecular weight excluding hydrogens is 382 g/mol. The lowest BCUT2D eigenvalue weighted by Gasteiger charge is -2.16. The van der Waals surface area contributed by atoms with Crippen molar-refractivity contribution in [2.24, 2.45) is 5.92 Å². The molecule has 0 aliphatic carbocycles. The Hall–Kier alpha value is -2.41. The SMILES string of the molecule is COc1ccc(CNc2c(OC(C)C)n[nH]c(=O)c2Cl)cc1OCCC(C)C. The average Bonchev–Trinajstić information content (AvgIpc) is 2.64. The highest BCUT2D eigenvalue weighted by Gasteiger charge is 2.15. The van der Waals surface area contributed by atoms with Gasteiger partial charge < -0.3 is 19.5 Å². The number of anilines is 1. The molecule has 28 heavy (non-hydrogen) atoms. The van der Waals surface area contributed by atoms with Crippen LogP contribution >= 0.6 is 11.6 Å².